The first-order valence-corrected chi connectivity index (χ1v) is 10.9. The van der Waals surface area contributed by atoms with E-state index in [4.69, 9.17) is 4.74 Å². The molecule has 1 amide bonds. The Morgan fingerprint density at radius 2 is 1.77 bits per heavy atom. The molecule has 1 unspecified atom stereocenters. The minimum Gasteiger partial charge on any atom is -0.483 e. The fourth-order valence-corrected chi connectivity index (χ4v) is 3.83. The average Bonchev–Trinajstić information content (AvgIpc) is 2.74. The normalized spacial score (nSPS) is 16.4. The monoisotopic (exact) mass is 409 g/mol. The zero-order valence-corrected chi connectivity index (χ0v) is 18.7. The lowest BCUT2D eigenvalue weighted by Gasteiger charge is -2.35. The molecule has 0 aromatic heterocycles. The van der Waals surface area contributed by atoms with Gasteiger partial charge in [0.25, 0.3) is 5.91 Å². The van der Waals surface area contributed by atoms with Crippen molar-refractivity contribution in [1.82, 2.24) is 15.1 Å². The van der Waals surface area contributed by atoms with Crippen LogP contribution in [0.2, 0.25) is 0 Å². The van der Waals surface area contributed by atoms with Gasteiger partial charge in [0.2, 0.25) is 0 Å². The second kappa shape index (κ2) is 10.6. The largest absolute Gasteiger partial charge is 0.483 e. The Bertz CT molecular complexity index is 814. The van der Waals surface area contributed by atoms with Crippen LogP contribution in [0.5, 0.6) is 5.75 Å². The number of aryl methyl sites for hydroxylation is 1. The Morgan fingerprint density at radius 1 is 1.07 bits per heavy atom. The van der Waals surface area contributed by atoms with E-state index in [0.717, 1.165) is 55.2 Å². The molecule has 0 spiro atoms. The molecule has 0 saturated carbocycles. The highest BCUT2D eigenvalue weighted by atomic mass is 16.5. The molecule has 0 radical (unpaired) electrons. The molecule has 3 rings (SSSR count). The lowest BCUT2D eigenvalue weighted by Crippen LogP contribution is -2.48. The Labute approximate surface area is 181 Å². The molecule has 2 aromatic carbocycles. The Morgan fingerprint density at radius 3 is 2.43 bits per heavy atom. The molecule has 5 nitrogen and oxygen atoms in total. The quantitative estimate of drug-likeness (QED) is 0.724. The first-order valence-electron chi connectivity index (χ1n) is 10.9. The van der Waals surface area contributed by atoms with Crippen molar-refractivity contribution < 1.29 is 9.53 Å². The molecule has 1 fully saturated rings. The Balaban J connectivity index is 1.64. The molecule has 0 bridgehead atoms. The van der Waals surface area contributed by atoms with E-state index >= 15 is 0 Å². The zero-order chi connectivity index (χ0) is 21.5. The lowest BCUT2D eigenvalue weighted by atomic mass is 10.0. The van der Waals surface area contributed by atoms with Gasteiger partial charge in [-0.25, -0.2) is 0 Å². The number of nitrogens with zero attached hydrogens (tertiary/aromatic N) is 2. The van der Waals surface area contributed by atoms with Gasteiger partial charge in [-0.15, -0.1) is 0 Å². The fraction of sp³-hybridized carbons (Fsp3) is 0.480. The summed E-state index contributed by atoms with van der Waals surface area (Å²) in [5.41, 5.74) is 3.39. The summed E-state index contributed by atoms with van der Waals surface area (Å²) < 4.78 is 5.95. The van der Waals surface area contributed by atoms with E-state index in [9.17, 15) is 4.79 Å². The van der Waals surface area contributed by atoms with Crippen molar-refractivity contribution in [2.45, 2.75) is 32.7 Å². The number of nitrogens with one attached hydrogen (secondary N) is 1. The van der Waals surface area contributed by atoms with Gasteiger partial charge in [0.05, 0.1) is 6.04 Å². The molecule has 1 saturated heterocycles. The van der Waals surface area contributed by atoms with Crippen LogP contribution >= 0.6 is 0 Å². The molecular weight excluding hydrogens is 374 g/mol. The highest BCUT2D eigenvalue weighted by Crippen LogP contribution is 2.27. The molecule has 5 heteroatoms. The summed E-state index contributed by atoms with van der Waals surface area (Å²) in [5.74, 6) is 1.06. The smallest absolute Gasteiger partial charge is 0.258 e. The van der Waals surface area contributed by atoms with Crippen LogP contribution in [0.1, 0.15) is 42.5 Å². The number of hydrogen-bond donors (Lipinski definition) is 1. The predicted octanol–water partition coefficient (Wildman–Crippen LogP) is 3.60. The van der Waals surface area contributed by atoms with Crippen LogP contribution in [0.15, 0.2) is 48.5 Å². The molecule has 1 heterocycles. The van der Waals surface area contributed by atoms with Crippen molar-refractivity contribution in [3.63, 3.8) is 0 Å². The van der Waals surface area contributed by atoms with E-state index < -0.39 is 0 Å². The van der Waals surface area contributed by atoms with Crippen molar-refractivity contribution in [3.8, 4) is 5.75 Å². The summed E-state index contributed by atoms with van der Waals surface area (Å²) >= 11 is 0. The summed E-state index contributed by atoms with van der Waals surface area (Å²) in [6.45, 7) is 11.3. The molecule has 0 aliphatic carbocycles. The molecule has 1 aliphatic heterocycles. The van der Waals surface area contributed by atoms with Gasteiger partial charge >= 0.3 is 0 Å². The number of likely N-dealkylation sites (N-methyl/N-ethyl adjacent to an activating group) is 1. The van der Waals surface area contributed by atoms with Crippen LogP contribution in [0.25, 0.3) is 0 Å². The summed E-state index contributed by atoms with van der Waals surface area (Å²) in [7, 11) is 2.15. The van der Waals surface area contributed by atoms with Crippen LogP contribution in [0, 0.1) is 6.92 Å². The standard InChI is InChI=1S/C25H35N3O2/c1-19(2)22-11-10-20(3)16-24(22)30-18-25(29)26-23(21-8-6-5-7-9-21)17-28-14-12-27(4)13-15-28/h5-11,16,19,23H,12-15,17-18H2,1-4H3,(H,26,29). The van der Waals surface area contributed by atoms with Crippen molar-refractivity contribution >= 4 is 5.91 Å². The third kappa shape index (κ3) is 6.31. The molecule has 1 N–H and O–H groups in total. The topological polar surface area (TPSA) is 44.8 Å². The van der Waals surface area contributed by atoms with E-state index in [2.05, 4.69) is 60.3 Å². The minimum absolute atomic E-state index is 0.0231. The van der Waals surface area contributed by atoms with E-state index in [1.54, 1.807) is 0 Å². The summed E-state index contributed by atoms with van der Waals surface area (Å²) in [5, 5.41) is 3.21. The van der Waals surface area contributed by atoms with E-state index in [1.807, 2.05) is 31.2 Å². The third-order valence-corrected chi connectivity index (χ3v) is 5.72. The van der Waals surface area contributed by atoms with Gasteiger partial charge in [-0.05, 0) is 42.6 Å². The van der Waals surface area contributed by atoms with Crippen molar-refractivity contribution in [2.75, 3.05) is 46.4 Å². The number of carbonyl (C=O) groups is 1. The fourth-order valence-electron chi connectivity index (χ4n) is 3.83. The molecular formula is C25H35N3O2. The average molecular weight is 410 g/mol. The number of carbonyl (C=O) groups excluding carboxylic acids is 1. The Kier molecular flexibility index (Phi) is 7.88. The number of benzene rings is 2. The van der Waals surface area contributed by atoms with Crippen LogP contribution < -0.4 is 10.1 Å². The maximum atomic E-state index is 12.8. The van der Waals surface area contributed by atoms with Crippen LogP contribution in [-0.4, -0.2) is 62.1 Å². The SMILES string of the molecule is Cc1ccc(C(C)C)c(OCC(=O)NC(CN2CCN(C)CC2)c2ccccc2)c1. The third-order valence-electron chi connectivity index (χ3n) is 5.72. The Hall–Kier alpha value is -2.37. The van der Waals surface area contributed by atoms with Crippen molar-refractivity contribution in [1.29, 1.82) is 0 Å². The van der Waals surface area contributed by atoms with Crippen LogP contribution in [0.4, 0.5) is 0 Å². The second-order valence-electron chi connectivity index (χ2n) is 8.62. The maximum Gasteiger partial charge on any atom is 0.258 e. The lowest BCUT2D eigenvalue weighted by molar-refractivity contribution is -0.124. The van der Waals surface area contributed by atoms with E-state index in [-0.39, 0.29) is 18.6 Å². The maximum absolute atomic E-state index is 12.8. The van der Waals surface area contributed by atoms with Crippen molar-refractivity contribution in [2.24, 2.45) is 0 Å². The number of hydrogen-bond acceptors (Lipinski definition) is 4. The zero-order valence-electron chi connectivity index (χ0n) is 18.7. The van der Waals surface area contributed by atoms with Gasteiger partial charge in [0.1, 0.15) is 5.75 Å². The first kappa shape index (κ1) is 22.3. The number of ether oxygens (including phenoxy) is 1. The number of piperazine rings is 1. The molecule has 1 atom stereocenters. The van der Waals surface area contributed by atoms with Crippen LogP contribution in [-0.2, 0) is 4.79 Å². The van der Waals surface area contributed by atoms with Gasteiger partial charge in [-0.2, -0.15) is 0 Å². The van der Waals surface area contributed by atoms with Gasteiger partial charge in [-0.3, -0.25) is 9.69 Å². The molecule has 30 heavy (non-hydrogen) atoms. The minimum atomic E-state index is -0.0887. The van der Waals surface area contributed by atoms with Crippen molar-refractivity contribution in [3.05, 3.63) is 65.2 Å². The highest BCUT2D eigenvalue weighted by Gasteiger charge is 2.21. The van der Waals surface area contributed by atoms with Gasteiger partial charge in [0, 0.05) is 32.7 Å². The first-order chi connectivity index (χ1) is 14.4. The van der Waals surface area contributed by atoms with Crippen LogP contribution in [0.3, 0.4) is 0 Å². The molecule has 2 aromatic rings. The van der Waals surface area contributed by atoms with Gasteiger partial charge < -0.3 is 15.0 Å². The second-order valence-corrected chi connectivity index (χ2v) is 8.62. The summed E-state index contributed by atoms with van der Waals surface area (Å²) in [4.78, 5) is 17.6. The summed E-state index contributed by atoms with van der Waals surface area (Å²) in [6, 6.07) is 16.4. The van der Waals surface area contributed by atoms with E-state index in [1.165, 1.54) is 0 Å². The van der Waals surface area contributed by atoms with Gasteiger partial charge in [-0.1, -0.05) is 56.3 Å². The summed E-state index contributed by atoms with van der Waals surface area (Å²) in [6.07, 6.45) is 0. The molecule has 1 aliphatic rings. The predicted molar refractivity (Wildman–Crippen MR) is 122 cm³/mol. The highest BCUT2D eigenvalue weighted by molar-refractivity contribution is 5.78. The van der Waals surface area contributed by atoms with E-state index in [0.29, 0.717) is 5.92 Å². The molecule has 162 valence electrons. The number of amides is 1. The van der Waals surface area contributed by atoms with Gasteiger partial charge in [0.15, 0.2) is 6.61 Å². The number of rotatable bonds is 8.